The molecule has 1 unspecified atom stereocenters. The molecule has 3 saturated heterocycles. The number of ether oxygens (including phenoxy) is 2. The maximum Gasteiger partial charge on any atom is 0.0674 e. The van der Waals surface area contributed by atoms with E-state index in [4.69, 9.17) is 9.47 Å². The summed E-state index contributed by atoms with van der Waals surface area (Å²) in [5.41, 5.74) is 0. The Labute approximate surface area is 148 Å². The molecule has 3 aliphatic heterocycles. The third-order valence-electron chi connectivity index (χ3n) is 5.96. The van der Waals surface area contributed by atoms with Crippen molar-refractivity contribution in [1.29, 1.82) is 0 Å². The van der Waals surface area contributed by atoms with E-state index in [-0.39, 0.29) is 0 Å². The third-order valence-corrected chi connectivity index (χ3v) is 5.96. The topological polar surface area (TPSA) is 28.2 Å². The van der Waals surface area contributed by atoms with Crippen LogP contribution in [0.5, 0.6) is 0 Å². The predicted octanol–water partition coefficient (Wildman–Crippen LogP) is 1.53. The van der Waals surface area contributed by atoms with Gasteiger partial charge in [0.1, 0.15) is 0 Å². The van der Waals surface area contributed by atoms with E-state index in [9.17, 15) is 0 Å². The maximum absolute atomic E-state index is 5.63. The second kappa shape index (κ2) is 10.1. The number of morpholine rings is 2. The first kappa shape index (κ1) is 18.6. The maximum atomic E-state index is 5.63. The van der Waals surface area contributed by atoms with Crippen LogP contribution in [0, 0.1) is 5.92 Å². The van der Waals surface area contributed by atoms with Crippen LogP contribution in [0.1, 0.15) is 32.6 Å². The highest BCUT2D eigenvalue weighted by atomic mass is 16.5. The van der Waals surface area contributed by atoms with Crippen LogP contribution in [0.4, 0.5) is 0 Å². The Bertz CT molecular complexity index is 342. The van der Waals surface area contributed by atoms with E-state index in [0.717, 1.165) is 51.9 Å². The fraction of sp³-hybridized carbons (Fsp3) is 1.00. The van der Waals surface area contributed by atoms with Crippen molar-refractivity contribution in [2.45, 2.75) is 38.7 Å². The molecular formula is C19H37N3O2. The number of hydrogen-bond acceptors (Lipinski definition) is 5. The number of rotatable bonds is 7. The van der Waals surface area contributed by atoms with Gasteiger partial charge in [-0.2, -0.15) is 0 Å². The molecule has 0 saturated carbocycles. The minimum atomic E-state index is 0.413. The van der Waals surface area contributed by atoms with Crippen LogP contribution in [0.25, 0.3) is 0 Å². The van der Waals surface area contributed by atoms with Gasteiger partial charge < -0.3 is 14.4 Å². The van der Waals surface area contributed by atoms with Crippen molar-refractivity contribution >= 4 is 0 Å². The van der Waals surface area contributed by atoms with E-state index in [0.29, 0.717) is 6.10 Å². The van der Waals surface area contributed by atoms with Crippen LogP contribution in [0.2, 0.25) is 0 Å². The molecular weight excluding hydrogens is 302 g/mol. The molecule has 0 N–H and O–H groups in total. The lowest BCUT2D eigenvalue weighted by Crippen LogP contribution is -2.45. The van der Waals surface area contributed by atoms with E-state index in [1.54, 1.807) is 0 Å². The zero-order chi connectivity index (χ0) is 16.6. The number of hydrogen-bond donors (Lipinski definition) is 0. The summed E-state index contributed by atoms with van der Waals surface area (Å²) in [5.74, 6) is 0.964. The Morgan fingerprint density at radius 3 is 2.21 bits per heavy atom. The van der Waals surface area contributed by atoms with Gasteiger partial charge in [-0.25, -0.2) is 0 Å². The van der Waals surface area contributed by atoms with Crippen molar-refractivity contribution in [3.05, 3.63) is 0 Å². The van der Waals surface area contributed by atoms with Crippen LogP contribution >= 0.6 is 0 Å². The summed E-state index contributed by atoms with van der Waals surface area (Å²) in [7, 11) is 0. The smallest absolute Gasteiger partial charge is 0.0674 e. The molecule has 1 atom stereocenters. The molecule has 0 aliphatic carbocycles. The predicted molar refractivity (Wildman–Crippen MR) is 97.5 cm³/mol. The van der Waals surface area contributed by atoms with E-state index < -0.39 is 0 Å². The largest absolute Gasteiger partial charge is 0.379 e. The molecule has 0 radical (unpaired) electrons. The Morgan fingerprint density at radius 1 is 0.792 bits per heavy atom. The van der Waals surface area contributed by atoms with Gasteiger partial charge in [0.05, 0.1) is 25.9 Å². The Balaban J connectivity index is 1.23. The molecule has 0 amide bonds. The normalized spacial score (nSPS) is 29.1. The van der Waals surface area contributed by atoms with Gasteiger partial charge in [-0.1, -0.05) is 0 Å². The molecule has 0 aromatic heterocycles. The van der Waals surface area contributed by atoms with Crippen molar-refractivity contribution in [2.24, 2.45) is 5.92 Å². The lowest BCUT2D eigenvalue weighted by atomic mass is 9.92. The second-order valence-electron chi connectivity index (χ2n) is 7.86. The van der Waals surface area contributed by atoms with Crippen molar-refractivity contribution < 1.29 is 9.47 Å². The molecule has 5 heteroatoms. The average molecular weight is 340 g/mol. The van der Waals surface area contributed by atoms with E-state index in [2.05, 4.69) is 21.6 Å². The molecule has 3 heterocycles. The Morgan fingerprint density at radius 2 is 1.46 bits per heavy atom. The average Bonchev–Trinajstić information content (AvgIpc) is 2.62. The van der Waals surface area contributed by atoms with Crippen molar-refractivity contribution in [3.8, 4) is 0 Å². The van der Waals surface area contributed by atoms with Gasteiger partial charge in [-0.3, -0.25) is 9.80 Å². The van der Waals surface area contributed by atoms with Gasteiger partial charge in [0, 0.05) is 39.3 Å². The summed E-state index contributed by atoms with van der Waals surface area (Å²) in [4.78, 5) is 7.82. The third kappa shape index (κ3) is 6.26. The summed E-state index contributed by atoms with van der Waals surface area (Å²) < 4.78 is 11.1. The van der Waals surface area contributed by atoms with Crippen LogP contribution in [0.15, 0.2) is 0 Å². The SMILES string of the molecule is CC1CN(CCN2CCC(CCCN3CCOCC3)CC2)CCO1. The van der Waals surface area contributed by atoms with Crippen molar-refractivity contribution in [3.63, 3.8) is 0 Å². The first-order valence-electron chi connectivity index (χ1n) is 10.2. The van der Waals surface area contributed by atoms with Crippen LogP contribution in [-0.4, -0.2) is 99.5 Å². The van der Waals surface area contributed by atoms with Crippen LogP contribution in [0.3, 0.4) is 0 Å². The fourth-order valence-electron chi connectivity index (χ4n) is 4.30. The second-order valence-corrected chi connectivity index (χ2v) is 7.86. The zero-order valence-electron chi connectivity index (χ0n) is 15.6. The zero-order valence-corrected chi connectivity index (χ0v) is 15.6. The Kier molecular flexibility index (Phi) is 7.80. The number of piperidine rings is 1. The first-order valence-corrected chi connectivity index (χ1v) is 10.2. The monoisotopic (exact) mass is 339 g/mol. The summed E-state index contributed by atoms with van der Waals surface area (Å²) in [5, 5.41) is 0. The van der Waals surface area contributed by atoms with E-state index in [1.165, 1.54) is 58.4 Å². The van der Waals surface area contributed by atoms with Gasteiger partial charge in [0.25, 0.3) is 0 Å². The minimum Gasteiger partial charge on any atom is -0.379 e. The van der Waals surface area contributed by atoms with Gasteiger partial charge in [-0.05, 0) is 58.2 Å². The molecule has 3 rings (SSSR count). The highest BCUT2D eigenvalue weighted by Crippen LogP contribution is 2.22. The number of nitrogens with zero attached hydrogens (tertiary/aromatic N) is 3. The summed E-state index contributed by atoms with van der Waals surface area (Å²) in [6.45, 7) is 15.8. The van der Waals surface area contributed by atoms with E-state index >= 15 is 0 Å². The standard InChI is InChI=1S/C19H37N3O2/c1-18-17-22(13-16-24-18)10-9-21-7-4-19(5-8-21)3-2-6-20-11-14-23-15-12-20/h18-19H,2-17H2,1H3. The van der Waals surface area contributed by atoms with Gasteiger partial charge in [-0.15, -0.1) is 0 Å². The van der Waals surface area contributed by atoms with Crippen LogP contribution in [-0.2, 0) is 9.47 Å². The highest BCUT2D eigenvalue weighted by Gasteiger charge is 2.21. The highest BCUT2D eigenvalue weighted by molar-refractivity contribution is 4.75. The molecule has 3 fully saturated rings. The van der Waals surface area contributed by atoms with Gasteiger partial charge in [0.2, 0.25) is 0 Å². The van der Waals surface area contributed by atoms with Gasteiger partial charge >= 0.3 is 0 Å². The summed E-state index contributed by atoms with van der Waals surface area (Å²) >= 11 is 0. The quantitative estimate of drug-likeness (QED) is 0.701. The lowest BCUT2D eigenvalue weighted by Gasteiger charge is -2.36. The summed E-state index contributed by atoms with van der Waals surface area (Å²) in [6, 6.07) is 0. The summed E-state index contributed by atoms with van der Waals surface area (Å²) in [6.07, 6.45) is 6.02. The van der Waals surface area contributed by atoms with Crippen molar-refractivity contribution in [2.75, 3.05) is 78.7 Å². The molecule has 24 heavy (non-hydrogen) atoms. The Hall–Kier alpha value is -0.200. The molecule has 3 aliphatic rings. The fourth-order valence-corrected chi connectivity index (χ4v) is 4.30. The molecule has 0 bridgehead atoms. The van der Waals surface area contributed by atoms with E-state index in [1.807, 2.05) is 0 Å². The van der Waals surface area contributed by atoms with Crippen molar-refractivity contribution in [1.82, 2.24) is 14.7 Å². The number of likely N-dealkylation sites (tertiary alicyclic amines) is 1. The van der Waals surface area contributed by atoms with Crippen LogP contribution < -0.4 is 0 Å². The van der Waals surface area contributed by atoms with Gasteiger partial charge in [0.15, 0.2) is 0 Å². The molecule has 0 spiro atoms. The molecule has 0 aromatic rings. The lowest BCUT2D eigenvalue weighted by molar-refractivity contribution is -0.0214. The minimum absolute atomic E-state index is 0.413. The first-order chi connectivity index (χ1) is 11.8. The molecule has 0 aromatic carbocycles. The molecule has 5 nitrogen and oxygen atoms in total. The molecule has 140 valence electrons.